The normalized spacial score (nSPS) is 12.4. The van der Waals surface area contributed by atoms with E-state index in [0.717, 1.165) is 11.4 Å². The van der Waals surface area contributed by atoms with Gasteiger partial charge < -0.3 is 5.32 Å². The molecule has 1 atom stereocenters. The van der Waals surface area contributed by atoms with Crippen LogP contribution in [0.4, 0.5) is 4.39 Å². The number of nitrogens with zero attached hydrogens (tertiary/aromatic N) is 3. The Bertz CT molecular complexity index is 623. The summed E-state index contributed by atoms with van der Waals surface area (Å²) >= 11 is 0. The second-order valence-electron chi connectivity index (χ2n) is 5.30. The summed E-state index contributed by atoms with van der Waals surface area (Å²) in [6.07, 6.45) is 0.555. The highest BCUT2D eigenvalue weighted by molar-refractivity contribution is 5.83. The van der Waals surface area contributed by atoms with E-state index < -0.39 is 6.04 Å². The average Bonchev–Trinajstić information content (AvgIpc) is 2.86. The van der Waals surface area contributed by atoms with Crippen LogP contribution in [0.1, 0.15) is 23.3 Å². The summed E-state index contributed by atoms with van der Waals surface area (Å²) in [4.78, 5) is 18.3. The second-order valence-corrected chi connectivity index (χ2v) is 5.30. The van der Waals surface area contributed by atoms with Crippen LogP contribution in [0, 0.1) is 12.7 Å². The molecule has 22 heavy (non-hydrogen) atoms. The van der Waals surface area contributed by atoms with Crippen LogP contribution in [-0.4, -0.2) is 46.6 Å². The predicted molar refractivity (Wildman–Crippen MR) is 80.7 cm³/mol. The fraction of sp³-hybridized carbons (Fsp3) is 0.400. The van der Waals surface area contributed by atoms with Crippen molar-refractivity contribution in [1.29, 1.82) is 0 Å². The summed E-state index contributed by atoms with van der Waals surface area (Å²) in [6, 6.07) is 5.50. The van der Waals surface area contributed by atoms with E-state index in [0.29, 0.717) is 18.8 Å². The first-order valence-corrected chi connectivity index (χ1v) is 7.05. The fourth-order valence-corrected chi connectivity index (χ4v) is 2.22. The number of aromatic nitrogens is 3. The summed E-state index contributed by atoms with van der Waals surface area (Å²) in [5.41, 5.74) is 0.748. The van der Waals surface area contributed by atoms with E-state index >= 15 is 0 Å². The molecule has 0 saturated carbocycles. The molecule has 2 aromatic rings. The van der Waals surface area contributed by atoms with Crippen molar-refractivity contribution in [3.63, 3.8) is 0 Å². The molecule has 0 fully saturated rings. The Balaban J connectivity index is 1.96. The lowest BCUT2D eigenvalue weighted by Crippen LogP contribution is -2.38. The third kappa shape index (κ3) is 4.11. The minimum Gasteiger partial charge on any atom is -0.354 e. The van der Waals surface area contributed by atoms with Crippen LogP contribution in [0.25, 0.3) is 0 Å². The number of nitrogens with one attached hydrogen (secondary N) is 2. The summed E-state index contributed by atoms with van der Waals surface area (Å²) in [6.45, 7) is 2.27. The molecule has 1 aromatic heterocycles. The zero-order valence-corrected chi connectivity index (χ0v) is 12.9. The predicted octanol–water partition coefficient (Wildman–Crippen LogP) is 1.21. The number of halogens is 1. The molecule has 0 radical (unpaired) electrons. The summed E-state index contributed by atoms with van der Waals surface area (Å²) in [5, 5.41) is 9.65. The molecule has 0 saturated heterocycles. The number of amides is 1. The largest absolute Gasteiger partial charge is 0.354 e. The van der Waals surface area contributed by atoms with E-state index in [4.69, 9.17) is 0 Å². The molecule has 2 rings (SSSR count). The van der Waals surface area contributed by atoms with Crippen LogP contribution in [0.15, 0.2) is 24.3 Å². The number of hydrogen-bond acceptors (Lipinski definition) is 4. The molecule has 6 nitrogen and oxygen atoms in total. The van der Waals surface area contributed by atoms with Gasteiger partial charge in [-0.2, -0.15) is 5.10 Å². The van der Waals surface area contributed by atoms with E-state index in [9.17, 15) is 9.18 Å². The van der Waals surface area contributed by atoms with Gasteiger partial charge in [0.25, 0.3) is 0 Å². The number of aryl methyl sites for hydroxylation is 1. The lowest BCUT2D eigenvalue weighted by atomic mass is 10.1. The number of aromatic amines is 1. The maximum absolute atomic E-state index is 13.0. The van der Waals surface area contributed by atoms with Crippen LogP contribution in [0.2, 0.25) is 0 Å². The summed E-state index contributed by atoms with van der Waals surface area (Å²) in [5.74, 6) is 0.963. The summed E-state index contributed by atoms with van der Waals surface area (Å²) < 4.78 is 13.0. The zero-order valence-electron chi connectivity index (χ0n) is 12.9. The Kier molecular flexibility index (Phi) is 5.21. The molecule has 0 unspecified atom stereocenters. The van der Waals surface area contributed by atoms with Crippen molar-refractivity contribution in [2.75, 3.05) is 20.6 Å². The monoisotopic (exact) mass is 305 g/mol. The SMILES string of the molecule is Cc1nc(CCNC(=O)[C@H](c2ccc(F)cc2)N(C)C)n[nH]1. The van der Waals surface area contributed by atoms with Crippen LogP contribution < -0.4 is 5.32 Å². The Labute approximate surface area is 128 Å². The lowest BCUT2D eigenvalue weighted by molar-refractivity contribution is -0.125. The number of benzene rings is 1. The van der Waals surface area contributed by atoms with Crippen molar-refractivity contribution in [3.8, 4) is 0 Å². The van der Waals surface area contributed by atoms with Gasteiger partial charge in [-0.3, -0.25) is 14.8 Å². The molecule has 118 valence electrons. The Morgan fingerprint density at radius 1 is 1.36 bits per heavy atom. The maximum atomic E-state index is 13.0. The smallest absolute Gasteiger partial charge is 0.241 e. The topological polar surface area (TPSA) is 73.9 Å². The molecule has 1 amide bonds. The van der Waals surface area contributed by atoms with Gasteiger partial charge in [-0.15, -0.1) is 0 Å². The molecule has 0 aliphatic rings. The third-order valence-electron chi connectivity index (χ3n) is 3.24. The van der Waals surface area contributed by atoms with Crippen LogP contribution in [0.5, 0.6) is 0 Å². The second kappa shape index (κ2) is 7.13. The van der Waals surface area contributed by atoms with Crippen molar-refractivity contribution < 1.29 is 9.18 Å². The number of rotatable bonds is 6. The van der Waals surface area contributed by atoms with Crippen molar-refractivity contribution in [2.24, 2.45) is 0 Å². The lowest BCUT2D eigenvalue weighted by Gasteiger charge is -2.23. The van der Waals surface area contributed by atoms with Crippen molar-refractivity contribution in [2.45, 2.75) is 19.4 Å². The van der Waals surface area contributed by atoms with E-state index in [1.165, 1.54) is 12.1 Å². The average molecular weight is 305 g/mol. The molecule has 0 aliphatic heterocycles. The van der Waals surface area contributed by atoms with Gasteiger partial charge in [-0.25, -0.2) is 9.37 Å². The third-order valence-corrected chi connectivity index (χ3v) is 3.24. The first-order valence-electron chi connectivity index (χ1n) is 7.05. The Morgan fingerprint density at radius 2 is 2.05 bits per heavy atom. The van der Waals surface area contributed by atoms with Crippen LogP contribution >= 0.6 is 0 Å². The number of H-pyrrole nitrogens is 1. The quantitative estimate of drug-likeness (QED) is 0.841. The van der Waals surface area contributed by atoms with E-state index in [2.05, 4.69) is 20.5 Å². The van der Waals surface area contributed by atoms with E-state index in [-0.39, 0.29) is 11.7 Å². The van der Waals surface area contributed by atoms with E-state index in [1.54, 1.807) is 17.0 Å². The molecule has 0 aliphatic carbocycles. The summed E-state index contributed by atoms with van der Waals surface area (Å²) in [7, 11) is 3.62. The number of carbonyl (C=O) groups excluding carboxylic acids is 1. The molecule has 1 aromatic carbocycles. The van der Waals surface area contributed by atoms with Gasteiger partial charge in [0.15, 0.2) is 5.82 Å². The molecular weight excluding hydrogens is 285 g/mol. The van der Waals surface area contributed by atoms with Crippen molar-refractivity contribution in [1.82, 2.24) is 25.4 Å². The highest BCUT2D eigenvalue weighted by atomic mass is 19.1. The van der Waals surface area contributed by atoms with Crippen molar-refractivity contribution in [3.05, 3.63) is 47.3 Å². The van der Waals surface area contributed by atoms with Gasteiger partial charge in [0.2, 0.25) is 5.91 Å². The fourth-order valence-electron chi connectivity index (χ4n) is 2.22. The van der Waals surface area contributed by atoms with Gasteiger partial charge in [0.1, 0.15) is 17.7 Å². The molecular formula is C15H20FN5O. The first kappa shape index (κ1) is 16.1. The number of likely N-dealkylation sites (N-methyl/N-ethyl adjacent to an activating group) is 1. The standard InChI is InChI=1S/C15H20FN5O/c1-10-18-13(20-19-10)8-9-17-15(22)14(21(2)3)11-4-6-12(16)7-5-11/h4-7,14H,8-9H2,1-3H3,(H,17,22)(H,18,19,20)/t14-/m0/s1. The molecule has 0 bridgehead atoms. The molecule has 7 heteroatoms. The Hall–Kier alpha value is -2.28. The molecule has 1 heterocycles. The maximum Gasteiger partial charge on any atom is 0.241 e. The Morgan fingerprint density at radius 3 is 2.59 bits per heavy atom. The van der Waals surface area contributed by atoms with Gasteiger partial charge in [-0.1, -0.05) is 12.1 Å². The van der Waals surface area contributed by atoms with Gasteiger partial charge in [0, 0.05) is 13.0 Å². The number of hydrogen-bond donors (Lipinski definition) is 2. The number of carbonyl (C=O) groups is 1. The van der Waals surface area contributed by atoms with Gasteiger partial charge >= 0.3 is 0 Å². The van der Waals surface area contributed by atoms with E-state index in [1.807, 2.05) is 21.0 Å². The molecule has 0 spiro atoms. The van der Waals surface area contributed by atoms with Crippen molar-refractivity contribution >= 4 is 5.91 Å². The molecule has 2 N–H and O–H groups in total. The minimum atomic E-state index is -0.463. The highest BCUT2D eigenvalue weighted by Gasteiger charge is 2.22. The van der Waals surface area contributed by atoms with Gasteiger partial charge in [-0.05, 0) is 38.7 Å². The first-order chi connectivity index (χ1) is 10.5. The zero-order chi connectivity index (χ0) is 16.1. The van der Waals surface area contributed by atoms with Crippen LogP contribution in [-0.2, 0) is 11.2 Å². The van der Waals surface area contributed by atoms with Gasteiger partial charge in [0.05, 0.1) is 0 Å². The minimum absolute atomic E-state index is 0.135. The highest BCUT2D eigenvalue weighted by Crippen LogP contribution is 2.18. The van der Waals surface area contributed by atoms with Crippen LogP contribution in [0.3, 0.4) is 0 Å².